The number of nitrogen functional groups attached to an aromatic ring is 1. The van der Waals surface area contributed by atoms with Crippen molar-refractivity contribution in [3.63, 3.8) is 0 Å². The van der Waals surface area contributed by atoms with Crippen LogP contribution in [0.5, 0.6) is 0 Å². The zero-order valence-electron chi connectivity index (χ0n) is 9.46. The molecule has 2 aromatic rings. The summed E-state index contributed by atoms with van der Waals surface area (Å²) in [5.41, 5.74) is 7.12. The second-order valence-electron chi connectivity index (χ2n) is 3.79. The minimum absolute atomic E-state index is 0.317. The average Bonchev–Trinajstić information content (AvgIpc) is 2.22. The lowest BCUT2D eigenvalue weighted by molar-refractivity contribution is 0.584. The molecule has 1 aromatic heterocycles. The molecule has 5 heteroatoms. The van der Waals surface area contributed by atoms with Crippen molar-refractivity contribution in [2.24, 2.45) is 0 Å². The van der Waals surface area contributed by atoms with E-state index in [1.54, 1.807) is 13.8 Å². The Kier molecular flexibility index (Phi) is 2.75. The summed E-state index contributed by atoms with van der Waals surface area (Å²) < 4.78 is 26.3. The second-order valence-corrected chi connectivity index (χ2v) is 3.79. The highest BCUT2D eigenvalue weighted by molar-refractivity contribution is 5.67. The van der Waals surface area contributed by atoms with Gasteiger partial charge in [0.25, 0.3) is 0 Å². The summed E-state index contributed by atoms with van der Waals surface area (Å²) in [7, 11) is 0. The number of benzene rings is 1. The van der Waals surface area contributed by atoms with E-state index in [1.807, 2.05) is 0 Å². The molecule has 88 valence electrons. The van der Waals surface area contributed by atoms with Crippen molar-refractivity contribution in [1.29, 1.82) is 0 Å². The Morgan fingerprint density at radius 1 is 1.00 bits per heavy atom. The normalized spacial score (nSPS) is 10.6. The Labute approximate surface area is 97.3 Å². The third-order valence-corrected chi connectivity index (χ3v) is 2.43. The molecule has 0 spiro atoms. The smallest absolute Gasteiger partial charge is 0.130 e. The minimum atomic E-state index is -0.644. The Bertz CT molecular complexity index is 562. The molecule has 1 heterocycles. The summed E-state index contributed by atoms with van der Waals surface area (Å²) in [6.07, 6.45) is 0. The maximum absolute atomic E-state index is 13.1. The zero-order valence-corrected chi connectivity index (χ0v) is 9.46. The van der Waals surface area contributed by atoms with Crippen LogP contribution in [0.25, 0.3) is 11.3 Å². The molecular weight excluding hydrogens is 224 g/mol. The highest BCUT2D eigenvalue weighted by Crippen LogP contribution is 2.25. The monoisotopic (exact) mass is 235 g/mol. The fourth-order valence-electron chi connectivity index (χ4n) is 1.62. The highest BCUT2D eigenvalue weighted by atomic mass is 19.1. The number of nitrogens with zero attached hydrogens (tertiary/aromatic N) is 2. The first-order valence-corrected chi connectivity index (χ1v) is 5.04. The average molecular weight is 235 g/mol. The lowest BCUT2D eigenvalue weighted by Gasteiger charge is -2.08. The third-order valence-electron chi connectivity index (χ3n) is 2.43. The highest BCUT2D eigenvalue weighted by Gasteiger charge is 2.11. The van der Waals surface area contributed by atoms with Gasteiger partial charge in [0.1, 0.15) is 23.3 Å². The van der Waals surface area contributed by atoms with E-state index >= 15 is 0 Å². The molecule has 0 saturated carbocycles. The van der Waals surface area contributed by atoms with Gasteiger partial charge in [0.05, 0.1) is 5.69 Å². The predicted octanol–water partition coefficient (Wildman–Crippen LogP) is 2.62. The third kappa shape index (κ3) is 2.22. The molecule has 0 saturated heterocycles. The quantitative estimate of drug-likeness (QED) is 0.826. The van der Waals surface area contributed by atoms with E-state index < -0.39 is 11.6 Å². The van der Waals surface area contributed by atoms with E-state index in [0.29, 0.717) is 28.5 Å². The van der Waals surface area contributed by atoms with E-state index in [1.165, 1.54) is 12.1 Å². The molecule has 0 fully saturated rings. The van der Waals surface area contributed by atoms with Crippen LogP contribution in [-0.2, 0) is 0 Å². The molecule has 1 aromatic carbocycles. The molecule has 3 nitrogen and oxygen atoms in total. The summed E-state index contributed by atoms with van der Waals surface area (Å²) in [5.74, 6) is -0.506. The van der Waals surface area contributed by atoms with Gasteiger partial charge in [0.15, 0.2) is 0 Å². The molecule has 0 aliphatic heterocycles. The van der Waals surface area contributed by atoms with E-state index in [4.69, 9.17) is 5.73 Å². The Balaban J connectivity index is 2.67. The molecule has 2 rings (SSSR count). The standard InChI is InChI=1S/C12H11F2N3/c1-6-11(16-7(2)17-12(6)15)8-3-9(13)5-10(14)4-8/h3-5H,1-2H3,(H2,15,16,17). The van der Waals surface area contributed by atoms with Crippen LogP contribution >= 0.6 is 0 Å². The van der Waals surface area contributed by atoms with Crippen molar-refractivity contribution < 1.29 is 8.78 Å². The first kappa shape index (κ1) is 11.4. The Hall–Kier alpha value is -2.04. The van der Waals surface area contributed by atoms with Gasteiger partial charge in [-0.3, -0.25) is 0 Å². The van der Waals surface area contributed by atoms with Gasteiger partial charge in [-0.2, -0.15) is 0 Å². The number of anilines is 1. The first-order chi connectivity index (χ1) is 7.97. The van der Waals surface area contributed by atoms with Gasteiger partial charge in [-0.05, 0) is 26.0 Å². The summed E-state index contributed by atoms with van der Waals surface area (Å²) in [6.45, 7) is 3.39. The Morgan fingerprint density at radius 3 is 2.18 bits per heavy atom. The lowest BCUT2D eigenvalue weighted by atomic mass is 10.1. The van der Waals surface area contributed by atoms with Crippen molar-refractivity contribution in [3.05, 3.63) is 41.2 Å². The summed E-state index contributed by atoms with van der Waals surface area (Å²) >= 11 is 0. The van der Waals surface area contributed by atoms with Gasteiger partial charge in [-0.1, -0.05) is 0 Å². The molecule has 0 unspecified atom stereocenters. The fraction of sp³-hybridized carbons (Fsp3) is 0.167. The summed E-state index contributed by atoms with van der Waals surface area (Å²) in [6, 6.07) is 3.25. The first-order valence-electron chi connectivity index (χ1n) is 5.04. The number of hydrogen-bond donors (Lipinski definition) is 1. The molecule has 0 aliphatic carbocycles. The molecule has 0 aliphatic rings. The Morgan fingerprint density at radius 2 is 1.59 bits per heavy atom. The molecule has 0 bridgehead atoms. The number of aromatic nitrogens is 2. The van der Waals surface area contributed by atoms with E-state index in [9.17, 15) is 8.78 Å². The van der Waals surface area contributed by atoms with E-state index in [2.05, 4.69) is 9.97 Å². The van der Waals surface area contributed by atoms with Gasteiger partial charge >= 0.3 is 0 Å². The topological polar surface area (TPSA) is 51.8 Å². The van der Waals surface area contributed by atoms with Gasteiger partial charge in [-0.15, -0.1) is 0 Å². The number of aryl methyl sites for hydroxylation is 1. The van der Waals surface area contributed by atoms with Crippen molar-refractivity contribution in [1.82, 2.24) is 9.97 Å². The van der Waals surface area contributed by atoms with Gasteiger partial charge < -0.3 is 5.73 Å². The van der Waals surface area contributed by atoms with Crippen molar-refractivity contribution >= 4 is 5.82 Å². The van der Waals surface area contributed by atoms with Gasteiger partial charge in [0.2, 0.25) is 0 Å². The number of hydrogen-bond acceptors (Lipinski definition) is 3. The molecule has 0 radical (unpaired) electrons. The van der Waals surface area contributed by atoms with Gasteiger partial charge in [0, 0.05) is 17.2 Å². The lowest BCUT2D eigenvalue weighted by Crippen LogP contribution is -2.02. The van der Waals surface area contributed by atoms with Gasteiger partial charge in [-0.25, -0.2) is 18.7 Å². The maximum Gasteiger partial charge on any atom is 0.130 e. The number of halogens is 2. The number of nitrogens with two attached hydrogens (primary N) is 1. The minimum Gasteiger partial charge on any atom is -0.383 e. The van der Waals surface area contributed by atoms with E-state index in [0.717, 1.165) is 6.07 Å². The molecule has 2 N–H and O–H groups in total. The van der Waals surface area contributed by atoms with Crippen molar-refractivity contribution in [2.75, 3.05) is 5.73 Å². The van der Waals surface area contributed by atoms with Crippen LogP contribution in [0, 0.1) is 25.5 Å². The van der Waals surface area contributed by atoms with Crippen LogP contribution in [0.4, 0.5) is 14.6 Å². The van der Waals surface area contributed by atoms with Crippen LogP contribution in [0.3, 0.4) is 0 Å². The van der Waals surface area contributed by atoms with Crippen LogP contribution in [-0.4, -0.2) is 9.97 Å². The molecule has 0 atom stereocenters. The predicted molar refractivity (Wildman–Crippen MR) is 61.3 cm³/mol. The van der Waals surface area contributed by atoms with Crippen LogP contribution in [0.2, 0.25) is 0 Å². The molecule has 17 heavy (non-hydrogen) atoms. The largest absolute Gasteiger partial charge is 0.383 e. The van der Waals surface area contributed by atoms with Crippen molar-refractivity contribution in [3.8, 4) is 11.3 Å². The number of rotatable bonds is 1. The summed E-state index contributed by atoms with van der Waals surface area (Å²) in [4.78, 5) is 8.14. The maximum atomic E-state index is 13.1. The zero-order chi connectivity index (χ0) is 12.6. The van der Waals surface area contributed by atoms with Crippen molar-refractivity contribution in [2.45, 2.75) is 13.8 Å². The summed E-state index contributed by atoms with van der Waals surface area (Å²) in [5, 5.41) is 0. The SMILES string of the molecule is Cc1nc(N)c(C)c(-c2cc(F)cc(F)c2)n1. The van der Waals surface area contributed by atoms with E-state index in [-0.39, 0.29) is 0 Å². The second kappa shape index (κ2) is 4.08. The van der Waals surface area contributed by atoms with Crippen LogP contribution in [0.15, 0.2) is 18.2 Å². The molecular formula is C12H11F2N3. The van der Waals surface area contributed by atoms with Crippen LogP contribution < -0.4 is 5.73 Å². The molecule has 0 amide bonds. The fourth-order valence-corrected chi connectivity index (χ4v) is 1.62. The van der Waals surface area contributed by atoms with Crippen LogP contribution in [0.1, 0.15) is 11.4 Å².